The van der Waals surface area contributed by atoms with E-state index in [1.165, 1.54) is 0 Å². The fourth-order valence-corrected chi connectivity index (χ4v) is 1.73. The number of benzene rings is 1. The predicted molar refractivity (Wildman–Crippen MR) is 94.8 cm³/mol. The number of carbonyl (C=O) groups is 1. The number of carbonyl (C=O) groups excluding carboxylic acids is 1. The molecular formula is C14H23IN4O. The van der Waals surface area contributed by atoms with Gasteiger partial charge in [0.15, 0.2) is 5.96 Å². The molecule has 1 rings (SSSR count). The molecule has 0 bridgehead atoms. The van der Waals surface area contributed by atoms with Gasteiger partial charge in [-0.3, -0.25) is 9.79 Å². The number of hydrogen-bond acceptors (Lipinski definition) is 2. The lowest BCUT2D eigenvalue weighted by Gasteiger charge is -2.10. The van der Waals surface area contributed by atoms with Crippen LogP contribution >= 0.6 is 24.0 Å². The third-order valence-electron chi connectivity index (χ3n) is 2.60. The second-order valence-corrected chi connectivity index (χ2v) is 4.81. The third kappa shape index (κ3) is 6.74. The number of aliphatic imine (C=N–C) groups is 1. The molecule has 0 fully saturated rings. The van der Waals surface area contributed by atoms with E-state index in [4.69, 9.17) is 5.73 Å². The Balaban J connectivity index is 0.00000361. The van der Waals surface area contributed by atoms with Gasteiger partial charge in [0, 0.05) is 26.2 Å². The Hall–Kier alpha value is -1.31. The van der Waals surface area contributed by atoms with Gasteiger partial charge in [0.2, 0.25) is 5.91 Å². The summed E-state index contributed by atoms with van der Waals surface area (Å²) in [4.78, 5) is 17.0. The summed E-state index contributed by atoms with van der Waals surface area (Å²) in [7, 11) is 3.45. The van der Waals surface area contributed by atoms with Gasteiger partial charge in [0.25, 0.3) is 0 Å². The molecule has 0 unspecified atom stereocenters. The van der Waals surface area contributed by atoms with Crippen molar-refractivity contribution in [2.75, 3.05) is 26.0 Å². The second kappa shape index (κ2) is 8.78. The molecule has 0 aliphatic rings. The summed E-state index contributed by atoms with van der Waals surface area (Å²) in [5.74, 6) is 0.375. The van der Waals surface area contributed by atoms with Crippen LogP contribution in [0.2, 0.25) is 0 Å². The molecule has 0 atom stereocenters. The Morgan fingerprint density at radius 1 is 1.25 bits per heavy atom. The summed E-state index contributed by atoms with van der Waals surface area (Å²) in [6.07, 6.45) is 0.363. The molecule has 0 saturated heterocycles. The van der Waals surface area contributed by atoms with E-state index in [2.05, 4.69) is 16.4 Å². The predicted octanol–water partition coefficient (Wildman–Crippen LogP) is 2.13. The zero-order valence-corrected chi connectivity index (χ0v) is 14.8. The molecule has 112 valence electrons. The Bertz CT molecular complexity index is 466. The number of nitrogens with zero attached hydrogens (tertiary/aromatic N) is 2. The van der Waals surface area contributed by atoms with Gasteiger partial charge in [0.05, 0.1) is 6.54 Å². The van der Waals surface area contributed by atoms with Crippen LogP contribution in [0.25, 0.3) is 0 Å². The Morgan fingerprint density at radius 3 is 2.30 bits per heavy atom. The van der Waals surface area contributed by atoms with Crippen molar-refractivity contribution in [3.05, 3.63) is 29.3 Å². The topological polar surface area (TPSA) is 70.7 Å². The zero-order chi connectivity index (χ0) is 14.4. The van der Waals surface area contributed by atoms with E-state index < -0.39 is 0 Å². The molecule has 20 heavy (non-hydrogen) atoms. The van der Waals surface area contributed by atoms with E-state index in [9.17, 15) is 4.79 Å². The fraction of sp³-hybridized carbons (Fsp3) is 0.429. The number of aryl methyl sites for hydroxylation is 2. The summed E-state index contributed by atoms with van der Waals surface area (Å²) in [6, 6.07) is 6.09. The molecular weight excluding hydrogens is 367 g/mol. The number of hydrogen-bond donors (Lipinski definition) is 2. The van der Waals surface area contributed by atoms with Crippen LogP contribution in [-0.4, -0.2) is 37.4 Å². The molecule has 3 N–H and O–H groups in total. The smallest absolute Gasteiger partial charge is 0.223 e. The van der Waals surface area contributed by atoms with Crippen molar-refractivity contribution >= 4 is 41.5 Å². The lowest BCUT2D eigenvalue weighted by Crippen LogP contribution is -2.25. The molecule has 0 radical (unpaired) electrons. The van der Waals surface area contributed by atoms with Crippen LogP contribution in [0.5, 0.6) is 0 Å². The number of amides is 1. The molecule has 1 aromatic carbocycles. The summed E-state index contributed by atoms with van der Waals surface area (Å²) in [5.41, 5.74) is 9.03. The van der Waals surface area contributed by atoms with Crippen LogP contribution in [0.3, 0.4) is 0 Å². The number of nitrogens with one attached hydrogen (secondary N) is 1. The number of guanidine groups is 1. The highest BCUT2D eigenvalue weighted by molar-refractivity contribution is 14.0. The Labute approximate surface area is 137 Å². The molecule has 0 aliphatic heterocycles. The standard InChI is InChI=1S/C14H22N4O.HI/c1-10-7-11(2)9-12(8-10)17-14(15)16-6-5-13(19)18(3)4;/h7-9H,5-6H2,1-4H3,(H3,15,16,17);1H. The van der Waals surface area contributed by atoms with E-state index in [1.54, 1.807) is 19.0 Å². The monoisotopic (exact) mass is 390 g/mol. The summed E-state index contributed by atoms with van der Waals surface area (Å²) < 4.78 is 0. The average Bonchev–Trinajstić information content (AvgIpc) is 2.26. The van der Waals surface area contributed by atoms with Crippen molar-refractivity contribution in [3.8, 4) is 0 Å². The zero-order valence-electron chi connectivity index (χ0n) is 12.4. The number of rotatable bonds is 4. The van der Waals surface area contributed by atoms with Crippen molar-refractivity contribution in [2.45, 2.75) is 20.3 Å². The summed E-state index contributed by atoms with van der Waals surface area (Å²) in [5, 5.41) is 3.03. The van der Waals surface area contributed by atoms with Gasteiger partial charge in [-0.25, -0.2) is 0 Å². The largest absolute Gasteiger partial charge is 0.370 e. The molecule has 0 aliphatic carbocycles. The van der Waals surface area contributed by atoms with Gasteiger partial charge in [-0.05, 0) is 37.1 Å². The minimum Gasteiger partial charge on any atom is -0.370 e. The highest BCUT2D eigenvalue weighted by atomic mass is 127. The third-order valence-corrected chi connectivity index (χ3v) is 2.60. The molecule has 6 heteroatoms. The highest BCUT2D eigenvalue weighted by Gasteiger charge is 2.02. The van der Waals surface area contributed by atoms with E-state index >= 15 is 0 Å². The van der Waals surface area contributed by atoms with Crippen LogP contribution in [-0.2, 0) is 4.79 Å². The summed E-state index contributed by atoms with van der Waals surface area (Å²) in [6.45, 7) is 4.45. The van der Waals surface area contributed by atoms with Crippen LogP contribution < -0.4 is 11.1 Å². The van der Waals surface area contributed by atoms with E-state index in [0.29, 0.717) is 18.9 Å². The van der Waals surface area contributed by atoms with E-state index in [0.717, 1.165) is 16.8 Å². The normalized spacial score (nSPS) is 10.7. The number of anilines is 1. The average molecular weight is 390 g/mol. The Morgan fingerprint density at radius 2 is 1.80 bits per heavy atom. The van der Waals surface area contributed by atoms with Crippen molar-refractivity contribution in [1.29, 1.82) is 0 Å². The SMILES string of the molecule is Cc1cc(C)cc(NC(N)=NCCC(=O)N(C)C)c1.I. The molecule has 0 aromatic heterocycles. The quantitative estimate of drug-likeness (QED) is 0.470. The van der Waals surface area contributed by atoms with Crippen molar-refractivity contribution in [2.24, 2.45) is 10.7 Å². The van der Waals surface area contributed by atoms with Crippen LogP contribution in [0.4, 0.5) is 5.69 Å². The fourth-order valence-electron chi connectivity index (χ4n) is 1.73. The van der Waals surface area contributed by atoms with Gasteiger partial charge < -0.3 is 16.0 Å². The van der Waals surface area contributed by atoms with Crippen LogP contribution in [0.1, 0.15) is 17.5 Å². The number of halogens is 1. The van der Waals surface area contributed by atoms with Gasteiger partial charge >= 0.3 is 0 Å². The van der Waals surface area contributed by atoms with E-state index in [1.807, 2.05) is 26.0 Å². The first-order valence-electron chi connectivity index (χ1n) is 6.24. The molecule has 1 amide bonds. The van der Waals surface area contributed by atoms with Gasteiger partial charge in [0.1, 0.15) is 0 Å². The number of nitrogens with two attached hydrogens (primary N) is 1. The minimum atomic E-state index is 0. The van der Waals surface area contributed by atoms with Gasteiger partial charge in [-0.15, -0.1) is 24.0 Å². The van der Waals surface area contributed by atoms with Crippen molar-refractivity contribution in [1.82, 2.24) is 4.90 Å². The van der Waals surface area contributed by atoms with Gasteiger partial charge in [-0.2, -0.15) is 0 Å². The molecule has 5 nitrogen and oxygen atoms in total. The second-order valence-electron chi connectivity index (χ2n) is 4.81. The first kappa shape index (κ1) is 18.7. The molecule has 0 spiro atoms. The molecule has 0 heterocycles. The maximum atomic E-state index is 11.4. The maximum Gasteiger partial charge on any atom is 0.223 e. The minimum absolute atomic E-state index is 0. The van der Waals surface area contributed by atoms with Crippen LogP contribution in [0, 0.1) is 13.8 Å². The maximum absolute atomic E-state index is 11.4. The lowest BCUT2D eigenvalue weighted by atomic mass is 10.1. The first-order valence-corrected chi connectivity index (χ1v) is 6.24. The first-order chi connectivity index (χ1) is 8.88. The van der Waals surface area contributed by atoms with Gasteiger partial charge in [-0.1, -0.05) is 6.07 Å². The van der Waals surface area contributed by atoms with Crippen LogP contribution in [0.15, 0.2) is 23.2 Å². The highest BCUT2D eigenvalue weighted by Crippen LogP contribution is 2.13. The Kier molecular flexibility index (Phi) is 8.21. The lowest BCUT2D eigenvalue weighted by molar-refractivity contribution is -0.128. The van der Waals surface area contributed by atoms with E-state index in [-0.39, 0.29) is 29.9 Å². The summed E-state index contributed by atoms with van der Waals surface area (Å²) >= 11 is 0. The van der Waals surface area contributed by atoms with Crippen molar-refractivity contribution < 1.29 is 4.79 Å². The molecule has 0 saturated carbocycles. The van der Waals surface area contributed by atoms with Crippen molar-refractivity contribution in [3.63, 3.8) is 0 Å². The molecule has 1 aromatic rings.